The molecule has 1 heterocycles. The molecule has 86 valence electrons. The van der Waals surface area contributed by atoms with E-state index in [9.17, 15) is 9.59 Å². The zero-order valence-electron chi connectivity index (χ0n) is 9.25. The molecule has 0 aromatic heterocycles. The zero-order chi connectivity index (χ0) is 11.6. The highest BCUT2D eigenvalue weighted by atomic mass is 35.5. The number of carbonyl (C=O) groups is 2. The predicted octanol–water partition coefficient (Wildman–Crippen LogP) is 1.80. The molecule has 0 radical (unpaired) electrons. The average molecular weight is 234 g/mol. The number of hydrogen-bond donors (Lipinski definition) is 0. The van der Waals surface area contributed by atoms with E-state index in [-0.39, 0.29) is 12.3 Å². The summed E-state index contributed by atoms with van der Waals surface area (Å²) in [7, 11) is 0. The van der Waals surface area contributed by atoms with Crippen molar-refractivity contribution in [1.29, 1.82) is 0 Å². The van der Waals surface area contributed by atoms with E-state index in [0.29, 0.717) is 13.0 Å². The lowest BCUT2D eigenvalue weighted by molar-refractivity contribution is -0.120. The number of amides is 1. The molecule has 0 unspecified atom stereocenters. The molecular weight excluding hydrogens is 218 g/mol. The van der Waals surface area contributed by atoms with Gasteiger partial charge in [-0.15, -0.1) is 11.6 Å². The summed E-state index contributed by atoms with van der Waals surface area (Å²) in [6.45, 7) is 6.06. The monoisotopic (exact) mass is 233 g/mol. The Hall–Kier alpha value is -0.770. The second-order valence-electron chi connectivity index (χ2n) is 4.61. The molecule has 0 bridgehead atoms. The Morgan fingerprint density at radius 1 is 1.53 bits per heavy atom. The van der Waals surface area contributed by atoms with Gasteiger partial charge in [0.15, 0.2) is 5.78 Å². The smallest absolute Gasteiger partial charge is 0.410 e. The van der Waals surface area contributed by atoms with E-state index in [2.05, 4.69) is 0 Å². The van der Waals surface area contributed by atoms with Crippen LogP contribution in [0.25, 0.3) is 0 Å². The summed E-state index contributed by atoms with van der Waals surface area (Å²) >= 11 is 5.78. The Bertz CT molecular complexity index is 272. The van der Waals surface area contributed by atoms with Crippen LogP contribution >= 0.6 is 11.6 Å². The topological polar surface area (TPSA) is 46.6 Å². The summed E-state index contributed by atoms with van der Waals surface area (Å²) in [5.41, 5.74) is -0.514. The first-order valence-corrected chi connectivity index (χ1v) is 5.38. The first kappa shape index (κ1) is 12.3. The maximum Gasteiger partial charge on any atom is 0.410 e. The summed E-state index contributed by atoms with van der Waals surface area (Å²) in [6, 6.07) is 0. The second kappa shape index (κ2) is 4.39. The van der Waals surface area contributed by atoms with Gasteiger partial charge in [0.05, 0.1) is 0 Å². The molecule has 1 aliphatic heterocycles. The number of halogens is 1. The molecule has 4 nitrogen and oxygen atoms in total. The summed E-state index contributed by atoms with van der Waals surface area (Å²) in [6.07, 6.45) is -0.0893. The standard InChI is InChI=1S/C10H16ClNO3/c1-10(2,3)15-9(14)12-5-4-8(13)7(11)6-12/h7H,4-6H2,1-3H3/t7-/m0/s1. The quantitative estimate of drug-likeness (QED) is 0.600. The molecule has 0 aliphatic carbocycles. The fourth-order valence-electron chi connectivity index (χ4n) is 1.28. The summed E-state index contributed by atoms with van der Waals surface area (Å²) < 4.78 is 5.18. The first-order valence-electron chi connectivity index (χ1n) is 4.94. The van der Waals surface area contributed by atoms with Crippen LogP contribution in [0.1, 0.15) is 27.2 Å². The van der Waals surface area contributed by atoms with Crippen molar-refractivity contribution < 1.29 is 14.3 Å². The molecule has 1 amide bonds. The molecule has 0 aromatic carbocycles. The van der Waals surface area contributed by atoms with E-state index in [1.807, 2.05) is 0 Å². The van der Waals surface area contributed by atoms with E-state index in [1.165, 1.54) is 4.90 Å². The van der Waals surface area contributed by atoms with Crippen LogP contribution in [0.2, 0.25) is 0 Å². The van der Waals surface area contributed by atoms with Crippen molar-refractivity contribution in [3.05, 3.63) is 0 Å². The van der Waals surface area contributed by atoms with Gasteiger partial charge in [-0.1, -0.05) is 0 Å². The molecule has 0 saturated carbocycles. The summed E-state index contributed by atoms with van der Waals surface area (Å²) in [5.74, 6) is -0.00326. The van der Waals surface area contributed by atoms with Gasteiger partial charge in [-0.25, -0.2) is 4.79 Å². The van der Waals surface area contributed by atoms with Crippen molar-refractivity contribution >= 4 is 23.5 Å². The van der Waals surface area contributed by atoms with Crippen molar-refractivity contribution in [2.24, 2.45) is 0 Å². The van der Waals surface area contributed by atoms with Crippen molar-refractivity contribution in [2.75, 3.05) is 13.1 Å². The highest BCUT2D eigenvalue weighted by Gasteiger charge is 2.30. The van der Waals surface area contributed by atoms with Gasteiger partial charge in [-0.3, -0.25) is 4.79 Å². The zero-order valence-corrected chi connectivity index (χ0v) is 10.0. The van der Waals surface area contributed by atoms with Crippen LogP contribution in [0.5, 0.6) is 0 Å². The minimum atomic E-state index is -0.591. The van der Waals surface area contributed by atoms with E-state index >= 15 is 0 Å². The van der Waals surface area contributed by atoms with E-state index < -0.39 is 17.1 Å². The van der Waals surface area contributed by atoms with Gasteiger partial charge >= 0.3 is 6.09 Å². The van der Waals surface area contributed by atoms with Crippen LogP contribution in [0.15, 0.2) is 0 Å². The van der Waals surface area contributed by atoms with Gasteiger partial charge < -0.3 is 9.64 Å². The first-order chi connectivity index (χ1) is 6.79. The van der Waals surface area contributed by atoms with Crippen LogP contribution < -0.4 is 0 Å². The number of hydrogen-bond acceptors (Lipinski definition) is 3. The lowest BCUT2D eigenvalue weighted by atomic mass is 10.1. The second-order valence-corrected chi connectivity index (χ2v) is 5.14. The third kappa shape index (κ3) is 3.70. The van der Waals surface area contributed by atoms with Crippen LogP contribution in [-0.2, 0) is 9.53 Å². The lowest BCUT2D eigenvalue weighted by Crippen LogP contribution is -2.46. The molecule has 1 saturated heterocycles. The Balaban J connectivity index is 2.51. The number of Topliss-reactive ketones (excluding diaryl/α,β-unsaturated/α-hetero) is 1. The number of piperidine rings is 1. The molecule has 15 heavy (non-hydrogen) atoms. The highest BCUT2D eigenvalue weighted by Crippen LogP contribution is 2.16. The number of ether oxygens (including phenoxy) is 1. The number of ketones is 1. The SMILES string of the molecule is CC(C)(C)OC(=O)N1CCC(=O)[C@@H](Cl)C1. The van der Waals surface area contributed by atoms with Gasteiger partial charge in [0.25, 0.3) is 0 Å². The van der Waals surface area contributed by atoms with Crippen molar-refractivity contribution in [2.45, 2.75) is 38.2 Å². The molecule has 1 rings (SSSR count). The average Bonchev–Trinajstić information content (AvgIpc) is 2.06. The molecular formula is C10H16ClNO3. The maximum absolute atomic E-state index is 11.6. The fraction of sp³-hybridized carbons (Fsp3) is 0.800. The van der Waals surface area contributed by atoms with Crippen LogP contribution in [0.4, 0.5) is 4.79 Å². The Kier molecular flexibility index (Phi) is 3.60. The number of nitrogens with zero attached hydrogens (tertiary/aromatic N) is 1. The minimum Gasteiger partial charge on any atom is -0.444 e. The summed E-state index contributed by atoms with van der Waals surface area (Å²) in [4.78, 5) is 24.2. The Labute approximate surface area is 94.5 Å². The van der Waals surface area contributed by atoms with Crippen LogP contribution in [-0.4, -0.2) is 40.8 Å². The van der Waals surface area contributed by atoms with Crippen LogP contribution in [0.3, 0.4) is 0 Å². The van der Waals surface area contributed by atoms with E-state index in [4.69, 9.17) is 16.3 Å². The molecule has 0 aromatic rings. The number of alkyl halides is 1. The molecule has 0 N–H and O–H groups in total. The van der Waals surface area contributed by atoms with Gasteiger partial charge in [-0.2, -0.15) is 0 Å². The Morgan fingerprint density at radius 2 is 2.13 bits per heavy atom. The normalized spacial score (nSPS) is 22.8. The van der Waals surface area contributed by atoms with E-state index in [1.54, 1.807) is 20.8 Å². The molecule has 1 atom stereocenters. The van der Waals surface area contributed by atoms with Gasteiger partial charge in [-0.05, 0) is 20.8 Å². The van der Waals surface area contributed by atoms with Crippen molar-refractivity contribution in [3.8, 4) is 0 Å². The molecule has 1 fully saturated rings. The van der Waals surface area contributed by atoms with Gasteiger partial charge in [0, 0.05) is 19.5 Å². The molecule has 1 aliphatic rings. The predicted molar refractivity (Wildman–Crippen MR) is 57.1 cm³/mol. The molecule has 5 heteroatoms. The fourth-order valence-corrected chi connectivity index (χ4v) is 1.56. The van der Waals surface area contributed by atoms with Crippen molar-refractivity contribution in [3.63, 3.8) is 0 Å². The third-order valence-corrected chi connectivity index (χ3v) is 2.39. The summed E-state index contributed by atoms with van der Waals surface area (Å²) in [5, 5.41) is -0.591. The van der Waals surface area contributed by atoms with E-state index in [0.717, 1.165) is 0 Å². The third-order valence-electron chi connectivity index (χ3n) is 2.01. The maximum atomic E-state index is 11.6. The lowest BCUT2D eigenvalue weighted by Gasteiger charge is -2.31. The molecule has 0 spiro atoms. The van der Waals surface area contributed by atoms with Crippen molar-refractivity contribution in [1.82, 2.24) is 4.90 Å². The number of likely N-dealkylation sites (tertiary alicyclic amines) is 1. The Morgan fingerprint density at radius 3 is 2.60 bits per heavy atom. The number of carbonyl (C=O) groups excluding carboxylic acids is 2. The highest BCUT2D eigenvalue weighted by molar-refractivity contribution is 6.31. The minimum absolute atomic E-state index is 0.00326. The van der Waals surface area contributed by atoms with Crippen LogP contribution in [0, 0.1) is 0 Å². The van der Waals surface area contributed by atoms with Gasteiger partial charge in [0.2, 0.25) is 0 Å². The number of rotatable bonds is 0. The van der Waals surface area contributed by atoms with Gasteiger partial charge in [0.1, 0.15) is 11.0 Å². The largest absolute Gasteiger partial charge is 0.444 e.